The Morgan fingerprint density at radius 2 is 2.07 bits per heavy atom. The fourth-order valence-electron chi connectivity index (χ4n) is 1.86. The highest BCUT2D eigenvalue weighted by Gasteiger charge is 2.13. The van der Waals surface area contributed by atoms with Crippen molar-refractivity contribution in [3.05, 3.63) is 28.5 Å². The zero-order valence-corrected chi connectivity index (χ0v) is 9.22. The van der Waals surface area contributed by atoms with Crippen molar-refractivity contribution in [3.8, 4) is 0 Å². The molecule has 1 aromatic rings. The minimum atomic E-state index is 0.602. The number of aromatic nitrogens is 1. The van der Waals surface area contributed by atoms with E-state index in [0.717, 1.165) is 12.2 Å². The normalized spacial score (nSPS) is 17.6. The second-order valence-electron chi connectivity index (χ2n) is 3.88. The molecule has 3 heteroatoms. The summed E-state index contributed by atoms with van der Waals surface area (Å²) in [5, 5.41) is 0.602. The third-order valence-corrected chi connectivity index (χ3v) is 2.95. The molecule has 0 aromatic carbocycles. The zero-order chi connectivity index (χ0) is 9.97. The monoisotopic (exact) mass is 210 g/mol. The van der Waals surface area contributed by atoms with Crippen LogP contribution in [0.25, 0.3) is 0 Å². The Morgan fingerprint density at radius 1 is 1.36 bits per heavy atom. The second kappa shape index (κ2) is 4.28. The van der Waals surface area contributed by atoms with Crippen molar-refractivity contribution >= 4 is 11.6 Å². The smallest absolute Gasteiger partial charge is 0.129 e. The molecular weight excluding hydrogens is 196 g/mol. The van der Waals surface area contributed by atoms with E-state index in [2.05, 4.69) is 16.8 Å². The molecule has 0 N–H and O–H groups in total. The lowest BCUT2D eigenvalue weighted by molar-refractivity contribution is 0.326. The standard InChI is InChI=1S/C11H15ClN2/c1-9-4-5-11(12)13-10(9)8-14-6-2-3-7-14/h4-5H,2-3,6-8H2,1H3. The Kier molecular flexibility index (Phi) is 3.04. The van der Waals surface area contributed by atoms with E-state index in [-0.39, 0.29) is 0 Å². The maximum Gasteiger partial charge on any atom is 0.129 e. The number of hydrogen-bond donors (Lipinski definition) is 0. The number of halogens is 1. The maximum atomic E-state index is 5.87. The predicted octanol–water partition coefficient (Wildman–Crippen LogP) is 2.64. The molecule has 0 unspecified atom stereocenters. The fraction of sp³-hybridized carbons (Fsp3) is 0.545. The average Bonchev–Trinajstić information content (AvgIpc) is 2.64. The van der Waals surface area contributed by atoms with Crippen LogP contribution in [-0.4, -0.2) is 23.0 Å². The SMILES string of the molecule is Cc1ccc(Cl)nc1CN1CCCC1. The number of rotatable bonds is 2. The molecule has 1 aliphatic heterocycles. The van der Waals surface area contributed by atoms with Gasteiger partial charge in [0.1, 0.15) is 5.15 Å². The molecule has 2 rings (SSSR count). The molecule has 0 atom stereocenters. The lowest BCUT2D eigenvalue weighted by Crippen LogP contribution is -2.19. The van der Waals surface area contributed by atoms with Gasteiger partial charge in [-0.2, -0.15) is 0 Å². The molecular formula is C11H15ClN2. The third kappa shape index (κ3) is 2.25. The van der Waals surface area contributed by atoms with Crippen molar-refractivity contribution in [1.82, 2.24) is 9.88 Å². The summed E-state index contributed by atoms with van der Waals surface area (Å²) in [5.41, 5.74) is 2.36. The van der Waals surface area contributed by atoms with Gasteiger partial charge < -0.3 is 0 Å². The zero-order valence-electron chi connectivity index (χ0n) is 8.46. The molecule has 0 bridgehead atoms. The number of aryl methyl sites for hydroxylation is 1. The summed E-state index contributed by atoms with van der Waals surface area (Å²) in [6.45, 7) is 5.45. The van der Waals surface area contributed by atoms with Crippen LogP contribution >= 0.6 is 11.6 Å². The molecule has 1 aromatic heterocycles. The van der Waals surface area contributed by atoms with Crippen LogP contribution in [0, 0.1) is 6.92 Å². The minimum absolute atomic E-state index is 0.602. The lowest BCUT2D eigenvalue weighted by Gasteiger charge is -2.15. The van der Waals surface area contributed by atoms with E-state index in [0.29, 0.717) is 5.15 Å². The Labute approximate surface area is 89.9 Å². The van der Waals surface area contributed by atoms with E-state index in [1.807, 2.05) is 12.1 Å². The van der Waals surface area contributed by atoms with Gasteiger partial charge in [0, 0.05) is 6.54 Å². The fourth-order valence-corrected chi connectivity index (χ4v) is 2.02. The Morgan fingerprint density at radius 3 is 2.79 bits per heavy atom. The lowest BCUT2D eigenvalue weighted by atomic mass is 10.2. The van der Waals surface area contributed by atoms with Crippen LogP contribution in [0.2, 0.25) is 5.15 Å². The van der Waals surface area contributed by atoms with Crippen LogP contribution < -0.4 is 0 Å². The Balaban J connectivity index is 2.10. The van der Waals surface area contributed by atoms with Gasteiger partial charge in [0.15, 0.2) is 0 Å². The summed E-state index contributed by atoms with van der Waals surface area (Å²) in [6, 6.07) is 3.89. The van der Waals surface area contributed by atoms with Crippen LogP contribution in [-0.2, 0) is 6.54 Å². The van der Waals surface area contributed by atoms with Gasteiger partial charge in [-0.1, -0.05) is 17.7 Å². The molecule has 2 nitrogen and oxygen atoms in total. The first kappa shape index (κ1) is 9.94. The summed E-state index contributed by atoms with van der Waals surface area (Å²) in [7, 11) is 0. The Bertz CT molecular complexity index is 319. The summed E-state index contributed by atoms with van der Waals surface area (Å²) in [6.07, 6.45) is 2.64. The van der Waals surface area contributed by atoms with E-state index in [4.69, 9.17) is 11.6 Å². The molecule has 1 saturated heterocycles. The number of nitrogens with zero attached hydrogens (tertiary/aromatic N) is 2. The molecule has 14 heavy (non-hydrogen) atoms. The summed E-state index contributed by atoms with van der Waals surface area (Å²) >= 11 is 5.87. The highest BCUT2D eigenvalue weighted by Crippen LogP contribution is 2.16. The van der Waals surface area contributed by atoms with E-state index >= 15 is 0 Å². The van der Waals surface area contributed by atoms with Gasteiger partial charge in [0.05, 0.1) is 5.69 Å². The van der Waals surface area contributed by atoms with Crippen molar-refractivity contribution in [1.29, 1.82) is 0 Å². The van der Waals surface area contributed by atoms with Gasteiger partial charge in [-0.3, -0.25) is 4.90 Å². The van der Waals surface area contributed by atoms with Gasteiger partial charge in [0.25, 0.3) is 0 Å². The molecule has 0 saturated carbocycles. The molecule has 1 aliphatic rings. The molecule has 1 fully saturated rings. The first-order valence-corrected chi connectivity index (χ1v) is 5.48. The third-order valence-electron chi connectivity index (χ3n) is 2.74. The van der Waals surface area contributed by atoms with Gasteiger partial charge >= 0.3 is 0 Å². The number of hydrogen-bond acceptors (Lipinski definition) is 2. The molecule has 0 radical (unpaired) electrons. The Hall–Kier alpha value is -0.600. The molecule has 0 amide bonds. The first-order valence-electron chi connectivity index (χ1n) is 5.10. The molecule has 0 aliphatic carbocycles. The van der Waals surface area contributed by atoms with Crippen molar-refractivity contribution < 1.29 is 0 Å². The quantitative estimate of drug-likeness (QED) is 0.698. The van der Waals surface area contributed by atoms with Gasteiger partial charge in [-0.25, -0.2) is 4.98 Å². The molecule has 2 heterocycles. The van der Waals surface area contributed by atoms with E-state index < -0.39 is 0 Å². The summed E-state index contributed by atoms with van der Waals surface area (Å²) in [4.78, 5) is 6.80. The van der Waals surface area contributed by atoms with Crippen LogP contribution in [0.3, 0.4) is 0 Å². The van der Waals surface area contributed by atoms with Crippen molar-refractivity contribution in [2.45, 2.75) is 26.3 Å². The summed E-state index contributed by atoms with van der Waals surface area (Å²) in [5.74, 6) is 0. The predicted molar refractivity (Wildman–Crippen MR) is 58.5 cm³/mol. The van der Waals surface area contributed by atoms with Crippen LogP contribution in [0.15, 0.2) is 12.1 Å². The minimum Gasteiger partial charge on any atom is -0.298 e. The van der Waals surface area contributed by atoms with Gasteiger partial charge in [-0.15, -0.1) is 0 Å². The van der Waals surface area contributed by atoms with E-state index in [9.17, 15) is 0 Å². The topological polar surface area (TPSA) is 16.1 Å². The number of likely N-dealkylation sites (tertiary alicyclic amines) is 1. The van der Waals surface area contributed by atoms with Gasteiger partial charge in [-0.05, 0) is 44.5 Å². The van der Waals surface area contributed by atoms with Crippen LogP contribution in [0.4, 0.5) is 0 Å². The van der Waals surface area contributed by atoms with Crippen molar-refractivity contribution in [2.24, 2.45) is 0 Å². The van der Waals surface area contributed by atoms with Crippen LogP contribution in [0.1, 0.15) is 24.1 Å². The maximum absolute atomic E-state index is 5.87. The molecule has 76 valence electrons. The second-order valence-corrected chi connectivity index (χ2v) is 4.27. The largest absolute Gasteiger partial charge is 0.298 e. The highest BCUT2D eigenvalue weighted by atomic mass is 35.5. The highest BCUT2D eigenvalue weighted by molar-refractivity contribution is 6.29. The number of pyridine rings is 1. The average molecular weight is 211 g/mol. The van der Waals surface area contributed by atoms with Crippen molar-refractivity contribution in [2.75, 3.05) is 13.1 Å². The first-order chi connectivity index (χ1) is 6.75. The van der Waals surface area contributed by atoms with E-state index in [1.165, 1.54) is 31.5 Å². The molecule has 0 spiro atoms. The van der Waals surface area contributed by atoms with Crippen LogP contribution in [0.5, 0.6) is 0 Å². The van der Waals surface area contributed by atoms with E-state index in [1.54, 1.807) is 0 Å². The summed E-state index contributed by atoms with van der Waals surface area (Å²) < 4.78 is 0. The van der Waals surface area contributed by atoms with Gasteiger partial charge in [0.2, 0.25) is 0 Å². The van der Waals surface area contributed by atoms with Crippen molar-refractivity contribution in [3.63, 3.8) is 0 Å².